The van der Waals surface area contributed by atoms with Crippen molar-refractivity contribution >= 4 is 17.1 Å². The molecule has 2 atom stereocenters. The van der Waals surface area contributed by atoms with Crippen LogP contribution >= 0.6 is 0 Å². The van der Waals surface area contributed by atoms with Crippen LogP contribution in [0, 0.1) is 0 Å². The summed E-state index contributed by atoms with van der Waals surface area (Å²) in [5.41, 5.74) is 0. The lowest BCUT2D eigenvalue weighted by atomic mass is 10.2. The van der Waals surface area contributed by atoms with Crippen molar-refractivity contribution in [3.05, 3.63) is 0 Å². The van der Waals surface area contributed by atoms with E-state index in [4.69, 9.17) is 0 Å². The molecule has 1 aliphatic rings. The molecule has 1 aliphatic heterocycles. The topological polar surface area (TPSA) is 52.6 Å². The maximum absolute atomic E-state index is 10.6. The molecule has 1 fully saturated rings. The maximum atomic E-state index is 10.6. The van der Waals surface area contributed by atoms with Gasteiger partial charge in [-0.3, -0.25) is 13.2 Å². The Morgan fingerprint density at radius 3 is 2.80 bits per heavy atom. The molecule has 10 heavy (non-hydrogen) atoms. The highest BCUT2D eigenvalue weighted by Gasteiger charge is 2.23. The molecule has 0 radical (unpaired) electrons. The average Bonchev–Trinajstić information content (AvgIpc) is 1.88. The van der Waals surface area contributed by atoms with Crippen LogP contribution in [0.5, 0.6) is 0 Å². The number of hydrogen-bond donors (Lipinski definition) is 0. The van der Waals surface area contributed by atoms with Crippen LogP contribution in [-0.4, -0.2) is 22.7 Å². The van der Waals surface area contributed by atoms with E-state index >= 15 is 0 Å². The first-order valence-corrected chi connectivity index (χ1v) is 3.93. The minimum absolute atomic E-state index is 0.100. The van der Waals surface area contributed by atoms with Crippen LogP contribution in [0.4, 0.5) is 0 Å². The van der Waals surface area contributed by atoms with Crippen molar-refractivity contribution < 1.29 is 17.4 Å². The summed E-state index contributed by atoms with van der Waals surface area (Å²) in [6.45, 7) is 1.74. The van der Waals surface area contributed by atoms with E-state index in [0.29, 0.717) is 13.0 Å². The highest BCUT2D eigenvalue weighted by Crippen LogP contribution is 2.10. The van der Waals surface area contributed by atoms with Crippen molar-refractivity contribution in [2.24, 2.45) is 0 Å². The van der Waals surface area contributed by atoms with Gasteiger partial charge in [0.15, 0.2) is 5.78 Å². The molecule has 0 amide bonds. The van der Waals surface area contributed by atoms with Gasteiger partial charge in [-0.15, -0.1) is 0 Å². The van der Waals surface area contributed by atoms with E-state index in [0.717, 1.165) is 0 Å². The van der Waals surface area contributed by atoms with Gasteiger partial charge in [-0.05, 0) is 6.92 Å². The molecule has 1 heterocycles. The fraction of sp³-hybridized carbons (Fsp3) is 0.800. The third-order valence-electron chi connectivity index (χ3n) is 1.21. The van der Waals surface area contributed by atoms with Gasteiger partial charge in [-0.1, -0.05) is 0 Å². The Morgan fingerprint density at radius 1 is 1.70 bits per heavy atom. The number of hydrogen-bond acceptors (Lipinski definition) is 4. The summed E-state index contributed by atoms with van der Waals surface area (Å²) in [7, 11) is 0. The Labute approximate surface area is 61.4 Å². The Kier molecular flexibility index (Phi) is 2.53. The maximum Gasteiger partial charge on any atom is 0.305 e. The van der Waals surface area contributed by atoms with Gasteiger partial charge < -0.3 is 0 Å². The molecule has 5 heteroatoms. The van der Waals surface area contributed by atoms with Gasteiger partial charge in [-0.2, -0.15) is 4.21 Å². The summed E-state index contributed by atoms with van der Waals surface area (Å²) in [4.78, 5) is 10.6. The van der Waals surface area contributed by atoms with Crippen LogP contribution in [-0.2, 0) is 24.5 Å². The Balaban J connectivity index is 2.47. The minimum Gasteiger partial charge on any atom is -0.297 e. The fourth-order valence-electron chi connectivity index (χ4n) is 0.665. The zero-order valence-corrected chi connectivity index (χ0v) is 6.35. The fourth-order valence-corrected chi connectivity index (χ4v) is 1.37. The van der Waals surface area contributed by atoms with Crippen LogP contribution < -0.4 is 0 Å². The highest BCUT2D eigenvalue weighted by atomic mass is 32.2. The lowest BCUT2D eigenvalue weighted by Crippen LogP contribution is -2.29. The normalized spacial score (nSPS) is 33.7. The third-order valence-corrected chi connectivity index (χ3v) is 1.96. The second-order valence-electron chi connectivity index (χ2n) is 2.01. The second kappa shape index (κ2) is 3.23. The minimum atomic E-state index is -1.71. The number of Topliss-reactive ketones (excluding diaryl/α,β-unsaturated/α-hetero) is 1. The molecule has 58 valence electrons. The first-order valence-electron chi connectivity index (χ1n) is 2.93. The Bertz CT molecular complexity index is 165. The summed E-state index contributed by atoms with van der Waals surface area (Å²) >= 11 is -1.71. The van der Waals surface area contributed by atoms with Crippen LogP contribution in [0.3, 0.4) is 0 Å². The van der Waals surface area contributed by atoms with E-state index in [1.807, 2.05) is 0 Å². The van der Waals surface area contributed by atoms with E-state index < -0.39 is 17.5 Å². The molecular weight excluding hydrogens is 156 g/mol. The molecule has 0 aromatic rings. The van der Waals surface area contributed by atoms with Crippen LogP contribution in [0.2, 0.25) is 0 Å². The van der Waals surface area contributed by atoms with Gasteiger partial charge in [0, 0.05) is 6.42 Å². The molecule has 1 rings (SSSR count). The standard InChI is InChI=1S/C5H8O4S/c1-4(6)5-2-3-8-10(7)9-5/h5H,2-3H2,1H3. The third kappa shape index (κ3) is 1.86. The number of carbonyl (C=O) groups is 1. The largest absolute Gasteiger partial charge is 0.305 e. The van der Waals surface area contributed by atoms with Gasteiger partial charge in [0.2, 0.25) is 0 Å². The van der Waals surface area contributed by atoms with Gasteiger partial charge in [0.05, 0.1) is 6.61 Å². The molecule has 0 aliphatic carbocycles. The molecule has 0 N–H and O–H groups in total. The van der Waals surface area contributed by atoms with E-state index in [1.165, 1.54) is 6.92 Å². The quantitative estimate of drug-likeness (QED) is 0.545. The van der Waals surface area contributed by atoms with Crippen molar-refractivity contribution in [3.8, 4) is 0 Å². The SMILES string of the molecule is CC(=O)C1CCOS(=O)O1. The molecule has 4 nitrogen and oxygen atoms in total. The lowest BCUT2D eigenvalue weighted by Gasteiger charge is -2.17. The van der Waals surface area contributed by atoms with Crippen molar-refractivity contribution in [2.75, 3.05) is 6.61 Å². The zero-order chi connectivity index (χ0) is 7.56. The number of rotatable bonds is 1. The second-order valence-corrected chi connectivity index (χ2v) is 2.85. The van der Waals surface area contributed by atoms with Gasteiger partial charge in [-0.25, -0.2) is 0 Å². The molecule has 0 aromatic heterocycles. The molecule has 0 spiro atoms. The van der Waals surface area contributed by atoms with Gasteiger partial charge in [0.1, 0.15) is 6.10 Å². The predicted molar refractivity (Wildman–Crippen MR) is 34.3 cm³/mol. The summed E-state index contributed by atoms with van der Waals surface area (Å²) in [5.74, 6) is -0.100. The monoisotopic (exact) mass is 164 g/mol. The molecule has 1 saturated heterocycles. The van der Waals surface area contributed by atoms with Crippen molar-refractivity contribution in [1.82, 2.24) is 0 Å². The van der Waals surface area contributed by atoms with Crippen molar-refractivity contribution in [2.45, 2.75) is 19.4 Å². The molecule has 0 aromatic carbocycles. The summed E-state index contributed by atoms with van der Waals surface area (Å²) in [5, 5.41) is 0. The molecular formula is C5H8O4S. The van der Waals surface area contributed by atoms with Crippen LogP contribution in [0.1, 0.15) is 13.3 Å². The molecule has 0 saturated carbocycles. The highest BCUT2D eigenvalue weighted by molar-refractivity contribution is 7.75. The molecule has 2 unspecified atom stereocenters. The van der Waals surface area contributed by atoms with Gasteiger partial charge >= 0.3 is 11.4 Å². The van der Waals surface area contributed by atoms with Crippen LogP contribution in [0.15, 0.2) is 0 Å². The lowest BCUT2D eigenvalue weighted by molar-refractivity contribution is -0.125. The van der Waals surface area contributed by atoms with Gasteiger partial charge in [0.25, 0.3) is 0 Å². The predicted octanol–water partition coefficient (Wildman–Crippen LogP) is -0.0404. The Hall–Kier alpha value is -0.260. The van der Waals surface area contributed by atoms with E-state index in [-0.39, 0.29) is 5.78 Å². The number of ketones is 1. The first-order chi connectivity index (χ1) is 4.70. The summed E-state index contributed by atoms with van der Waals surface area (Å²) in [6.07, 6.45) is -0.0317. The first kappa shape index (κ1) is 7.84. The number of carbonyl (C=O) groups excluding carboxylic acids is 1. The van der Waals surface area contributed by atoms with Crippen LogP contribution in [0.25, 0.3) is 0 Å². The summed E-state index contributed by atoms with van der Waals surface area (Å²) in [6, 6.07) is 0. The summed E-state index contributed by atoms with van der Waals surface area (Å²) < 4.78 is 19.7. The smallest absolute Gasteiger partial charge is 0.297 e. The average molecular weight is 164 g/mol. The van der Waals surface area contributed by atoms with Crippen molar-refractivity contribution in [3.63, 3.8) is 0 Å². The van der Waals surface area contributed by atoms with E-state index in [1.54, 1.807) is 0 Å². The Morgan fingerprint density at radius 2 is 2.40 bits per heavy atom. The van der Waals surface area contributed by atoms with E-state index in [2.05, 4.69) is 8.37 Å². The zero-order valence-electron chi connectivity index (χ0n) is 5.53. The molecule has 0 bridgehead atoms. The van der Waals surface area contributed by atoms with E-state index in [9.17, 15) is 9.00 Å². The van der Waals surface area contributed by atoms with Crippen molar-refractivity contribution in [1.29, 1.82) is 0 Å².